The second-order valence-electron chi connectivity index (χ2n) is 8.39. The van der Waals surface area contributed by atoms with Crippen LogP contribution < -0.4 is 10.9 Å². The summed E-state index contributed by atoms with van der Waals surface area (Å²) in [7, 11) is 0. The van der Waals surface area contributed by atoms with E-state index in [0.717, 1.165) is 36.8 Å². The van der Waals surface area contributed by atoms with Gasteiger partial charge in [0.1, 0.15) is 16.7 Å². The number of ether oxygens (including phenoxy) is 1. The van der Waals surface area contributed by atoms with E-state index in [2.05, 4.69) is 15.4 Å². The van der Waals surface area contributed by atoms with Crippen molar-refractivity contribution in [3.8, 4) is 0 Å². The van der Waals surface area contributed by atoms with Crippen LogP contribution >= 0.6 is 11.6 Å². The minimum absolute atomic E-state index is 0.0260. The van der Waals surface area contributed by atoms with Crippen LogP contribution in [0.2, 0.25) is 5.02 Å². The first-order valence-electron chi connectivity index (χ1n) is 10.7. The van der Waals surface area contributed by atoms with Crippen molar-refractivity contribution in [2.75, 3.05) is 32.8 Å². The molecular formula is C22H25ClN4O4. The normalized spacial score (nSPS) is 22.4. The Morgan fingerprint density at radius 2 is 2.06 bits per heavy atom. The van der Waals surface area contributed by atoms with Gasteiger partial charge in [-0.25, -0.2) is 0 Å². The average molecular weight is 445 g/mol. The zero-order valence-corrected chi connectivity index (χ0v) is 18.2. The molecule has 1 saturated carbocycles. The largest absolute Gasteiger partial charge is 0.379 e. The highest BCUT2D eigenvalue weighted by Crippen LogP contribution is 2.36. The third-order valence-corrected chi connectivity index (χ3v) is 6.70. The summed E-state index contributed by atoms with van der Waals surface area (Å²) in [5.74, 6) is 0.516. The topological polar surface area (TPSA) is 89.6 Å². The SMILES string of the molecule is Cc1onc2c1c(=O)n(C1CCC(NC(=O)CN3CCOCC3)C1)c1cccc(Cl)c21. The van der Waals surface area contributed by atoms with E-state index < -0.39 is 0 Å². The Kier molecular flexibility index (Phi) is 5.45. The second-order valence-corrected chi connectivity index (χ2v) is 8.80. The van der Waals surface area contributed by atoms with Gasteiger partial charge in [0, 0.05) is 30.6 Å². The van der Waals surface area contributed by atoms with Crippen LogP contribution in [0.4, 0.5) is 0 Å². The van der Waals surface area contributed by atoms with Crippen molar-refractivity contribution in [1.82, 2.24) is 19.9 Å². The molecule has 9 heteroatoms. The minimum atomic E-state index is -0.117. The first kappa shape index (κ1) is 20.5. The molecule has 2 aromatic heterocycles. The molecule has 2 unspecified atom stereocenters. The third kappa shape index (κ3) is 3.73. The molecule has 0 radical (unpaired) electrons. The van der Waals surface area contributed by atoms with E-state index in [-0.39, 0.29) is 23.6 Å². The summed E-state index contributed by atoms with van der Waals surface area (Å²) in [5, 5.41) is 9.00. The van der Waals surface area contributed by atoms with Crippen LogP contribution in [0.3, 0.4) is 0 Å². The highest BCUT2D eigenvalue weighted by molar-refractivity contribution is 6.37. The molecule has 1 saturated heterocycles. The van der Waals surface area contributed by atoms with Crippen molar-refractivity contribution < 1.29 is 14.1 Å². The lowest BCUT2D eigenvalue weighted by Gasteiger charge is -2.26. The molecule has 0 bridgehead atoms. The molecular weight excluding hydrogens is 420 g/mol. The summed E-state index contributed by atoms with van der Waals surface area (Å²) in [4.78, 5) is 28.1. The number of aryl methyl sites for hydroxylation is 1. The van der Waals surface area contributed by atoms with Crippen LogP contribution in [0.15, 0.2) is 27.5 Å². The molecule has 0 spiro atoms. The second kappa shape index (κ2) is 8.26. The molecule has 8 nitrogen and oxygen atoms in total. The lowest BCUT2D eigenvalue weighted by Crippen LogP contribution is -2.45. The van der Waals surface area contributed by atoms with Crippen LogP contribution in [0.25, 0.3) is 21.8 Å². The summed E-state index contributed by atoms with van der Waals surface area (Å²) in [5.41, 5.74) is 1.14. The summed E-state index contributed by atoms with van der Waals surface area (Å²) in [6.07, 6.45) is 2.33. The predicted octanol–water partition coefficient (Wildman–Crippen LogP) is 2.65. The van der Waals surface area contributed by atoms with Gasteiger partial charge in [0.05, 0.1) is 30.3 Å². The summed E-state index contributed by atoms with van der Waals surface area (Å²) in [6.45, 7) is 5.02. The zero-order chi connectivity index (χ0) is 21.5. The number of carbonyl (C=O) groups is 1. The summed E-state index contributed by atoms with van der Waals surface area (Å²) >= 11 is 6.50. The van der Waals surface area contributed by atoms with Gasteiger partial charge in [-0.1, -0.05) is 22.8 Å². The minimum Gasteiger partial charge on any atom is -0.379 e. The maximum atomic E-state index is 13.4. The first-order valence-corrected chi connectivity index (χ1v) is 11.1. The highest BCUT2D eigenvalue weighted by atomic mass is 35.5. The van der Waals surface area contributed by atoms with Gasteiger partial charge in [0.15, 0.2) is 0 Å². The number of hydrogen-bond donors (Lipinski definition) is 1. The van der Waals surface area contributed by atoms with Gasteiger partial charge in [0.25, 0.3) is 5.56 Å². The maximum Gasteiger partial charge on any atom is 0.264 e. The van der Waals surface area contributed by atoms with E-state index in [9.17, 15) is 9.59 Å². The van der Waals surface area contributed by atoms with Gasteiger partial charge < -0.3 is 19.1 Å². The smallest absolute Gasteiger partial charge is 0.264 e. The highest BCUT2D eigenvalue weighted by Gasteiger charge is 2.31. The monoisotopic (exact) mass is 444 g/mol. The van der Waals surface area contributed by atoms with Gasteiger partial charge in [-0.05, 0) is 38.3 Å². The Hall–Kier alpha value is -2.42. The van der Waals surface area contributed by atoms with Crippen LogP contribution in [0.5, 0.6) is 0 Å². The molecule has 1 aliphatic heterocycles. The van der Waals surface area contributed by atoms with Crippen LogP contribution in [-0.4, -0.2) is 59.4 Å². The van der Waals surface area contributed by atoms with Crippen molar-refractivity contribution in [1.29, 1.82) is 0 Å². The van der Waals surface area contributed by atoms with Crippen molar-refractivity contribution >= 4 is 39.3 Å². The van der Waals surface area contributed by atoms with Crippen molar-refractivity contribution in [2.45, 2.75) is 38.3 Å². The van der Waals surface area contributed by atoms with E-state index in [0.29, 0.717) is 47.9 Å². The predicted molar refractivity (Wildman–Crippen MR) is 118 cm³/mol. The van der Waals surface area contributed by atoms with E-state index >= 15 is 0 Å². The van der Waals surface area contributed by atoms with Gasteiger partial charge in [0.2, 0.25) is 5.91 Å². The molecule has 2 atom stereocenters. The van der Waals surface area contributed by atoms with Crippen LogP contribution in [0, 0.1) is 6.92 Å². The number of rotatable bonds is 4. The number of nitrogens with one attached hydrogen (secondary N) is 1. The quantitative estimate of drug-likeness (QED) is 0.665. The molecule has 3 aromatic rings. The number of fused-ring (bicyclic) bond motifs is 3. The Labute approximate surface area is 184 Å². The number of hydrogen-bond acceptors (Lipinski definition) is 6. The fourth-order valence-corrected chi connectivity index (χ4v) is 5.15. The van der Waals surface area contributed by atoms with Crippen molar-refractivity contribution in [2.24, 2.45) is 0 Å². The molecule has 31 heavy (non-hydrogen) atoms. The molecule has 1 aromatic carbocycles. The first-order chi connectivity index (χ1) is 15.0. The zero-order valence-electron chi connectivity index (χ0n) is 17.4. The lowest BCUT2D eigenvalue weighted by atomic mass is 10.1. The van der Waals surface area contributed by atoms with Crippen LogP contribution in [0.1, 0.15) is 31.1 Å². The summed E-state index contributed by atoms with van der Waals surface area (Å²) in [6, 6.07) is 5.55. The van der Waals surface area contributed by atoms with E-state index in [1.165, 1.54) is 0 Å². The van der Waals surface area contributed by atoms with Gasteiger partial charge >= 0.3 is 0 Å². The number of benzene rings is 1. The number of carbonyl (C=O) groups excluding carboxylic acids is 1. The number of aromatic nitrogens is 2. The fourth-order valence-electron chi connectivity index (χ4n) is 4.89. The van der Waals surface area contributed by atoms with Gasteiger partial charge in [-0.2, -0.15) is 0 Å². The third-order valence-electron chi connectivity index (χ3n) is 6.39. The maximum absolute atomic E-state index is 13.4. The molecule has 2 aliphatic rings. The Morgan fingerprint density at radius 1 is 1.26 bits per heavy atom. The van der Waals surface area contributed by atoms with Crippen molar-refractivity contribution in [3.05, 3.63) is 39.3 Å². The molecule has 1 aliphatic carbocycles. The van der Waals surface area contributed by atoms with Crippen molar-refractivity contribution in [3.63, 3.8) is 0 Å². The molecule has 164 valence electrons. The molecule has 3 heterocycles. The number of halogens is 1. The van der Waals surface area contributed by atoms with Crippen LogP contribution in [-0.2, 0) is 9.53 Å². The molecule has 1 N–H and O–H groups in total. The standard InChI is InChI=1S/C22H25ClN4O4/c1-13-19-21(25-31-13)20-16(23)3-2-4-17(20)27(22(19)29)15-6-5-14(11-15)24-18(28)12-26-7-9-30-10-8-26/h2-4,14-15H,5-12H2,1H3,(H,24,28). The Morgan fingerprint density at radius 3 is 2.87 bits per heavy atom. The average Bonchev–Trinajstić information content (AvgIpc) is 3.36. The Bertz CT molecular complexity index is 1200. The van der Waals surface area contributed by atoms with Gasteiger partial charge in [-0.3, -0.25) is 14.5 Å². The van der Waals surface area contributed by atoms with E-state index in [1.54, 1.807) is 13.0 Å². The Balaban J connectivity index is 1.41. The number of nitrogens with zero attached hydrogens (tertiary/aromatic N) is 3. The van der Waals surface area contributed by atoms with E-state index in [1.807, 2.05) is 16.7 Å². The number of amides is 1. The van der Waals surface area contributed by atoms with Gasteiger partial charge in [-0.15, -0.1) is 0 Å². The molecule has 1 amide bonds. The number of pyridine rings is 1. The fraction of sp³-hybridized carbons (Fsp3) is 0.500. The summed E-state index contributed by atoms with van der Waals surface area (Å²) < 4.78 is 12.5. The molecule has 5 rings (SSSR count). The molecule has 2 fully saturated rings. The van der Waals surface area contributed by atoms with E-state index in [4.69, 9.17) is 20.9 Å². The number of morpholine rings is 1. The lowest BCUT2D eigenvalue weighted by molar-refractivity contribution is -0.123.